The van der Waals surface area contributed by atoms with Gasteiger partial charge in [-0.1, -0.05) is 30.3 Å². The molecule has 3 rings (SSSR count). The number of piperazine rings is 1. The van der Waals surface area contributed by atoms with Crippen molar-refractivity contribution in [2.24, 2.45) is 0 Å². The predicted octanol–water partition coefficient (Wildman–Crippen LogP) is 0.954. The summed E-state index contributed by atoms with van der Waals surface area (Å²) in [6.45, 7) is 5.40. The van der Waals surface area contributed by atoms with E-state index in [0.29, 0.717) is 19.8 Å². The molecule has 2 N–H and O–H groups in total. The smallest absolute Gasteiger partial charge is 0.318 e. The Morgan fingerprint density at radius 2 is 1.89 bits per heavy atom. The van der Waals surface area contributed by atoms with E-state index in [9.17, 15) is 9.59 Å². The van der Waals surface area contributed by atoms with Crippen LogP contribution in [0.4, 0.5) is 4.79 Å². The first kappa shape index (κ1) is 19.6. The van der Waals surface area contributed by atoms with E-state index in [0.717, 1.165) is 39.0 Å². The molecule has 0 aromatic heterocycles. The lowest BCUT2D eigenvalue weighted by atomic mass is 9.81. The molecule has 7 heteroatoms. The van der Waals surface area contributed by atoms with Crippen LogP contribution in [-0.4, -0.2) is 74.4 Å². The molecule has 0 unspecified atom stereocenters. The van der Waals surface area contributed by atoms with Crippen molar-refractivity contribution >= 4 is 12.0 Å². The van der Waals surface area contributed by atoms with Crippen molar-refractivity contribution in [1.82, 2.24) is 20.4 Å². The predicted molar refractivity (Wildman–Crippen MR) is 103 cm³/mol. The second-order valence-corrected chi connectivity index (χ2v) is 7.06. The molecule has 27 heavy (non-hydrogen) atoms. The topological polar surface area (TPSA) is 73.9 Å². The highest BCUT2D eigenvalue weighted by Crippen LogP contribution is 2.30. The van der Waals surface area contributed by atoms with E-state index in [-0.39, 0.29) is 18.2 Å². The van der Waals surface area contributed by atoms with Gasteiger partial charge in [0, 0.05) is 32.3 Å². The number of nitrogens with one attached hydrogen (secondary N) is 2. The first-order chi connectivity index (χ1) is 13.2. The summed E-state index contributed by atoms with van der Waals surface area (Å²) < 4.78 is 5.39. The van der Waals surface area contributed by atoms with Gasteiger partial charge < -0.3 is 20.3 Å². The number of rotatable bonds is 6. The van der Waals surface area contributed by atoms with Gasteiger partial charge in [-0.2, -0.15) is 0 Å². The number of amides is 2. The van der Waals surface area contributed by atoms with Crippen LogP contribution in [-0.2, 0) is 15.1 Å². The molecule has 1 aromatic rings. The SMILES string of the molecule is O=C=CCOCN1CCN(C(=O)NC2(c3ccccc3)CCNCC2)CC1. The summed E-state index contributed by atoms with van der Waals surface area (Å²) in [6, 6.07) is 10.3. The van der Waals surface area contributed by atoms with Gasteiger partial charge in [-0.15, -0.1) is 0 Å². The van der Waals surface area contributed by atoms with E-state index in [1.165, 1.54) is 11.6 Å². The van der Waals surface area contributed by atoms with E-state index >= 15 is 0 Å². The molecule has 1 aromatic carbocycles. The fourth-order valence-electron chi connectivity index (χ4n) is 3.74. The van der Waals surface area contributed by atoms with Gasteiger partial charge in [-0.05, 0) is 31.5 Å². The molecule has 0 radical (unpaired) electrons. The van der Waals surface area contributed by atoms with Crippen LogP contribution >= 0.6 is 0 Å². The third-order valence-electron chi connectivity index (χ3n) is 5.35. The number of urea groups is 1. The van der Waals surface area contributed by atoms with Gasteiger partial charge in [-0.3, -0.25) is 4.90 Å². The molecule has 7 nitrogen and oxygen atoms in total. The molecule has 0 bridgehead atoms. The molecule has 0 spiro atoms. The van der Waals surface area contributed by atoms with Crippen molar-refractivity contribution in [1.29, 1.82) is 0 Å². The number of nitrogens with zero attached hydrogens (tertiary/aromatic N) is 2. The fourth-order valence-corrected chi connectivity index (χ4v) is 3.74. The molecular weight excluding hydrogens is 344 g/mol. The van der Waals surface area contributed by atoms with Crippen LogP contribution in [0.25, 0.3) is 0 Å². The highest BCUT2D eigenvalue weighted by molar-refractivity contribution is 5.75. The van der Waals surface area contributed by atoms with Crippen LogP contribution in [0.5, 0.6) is 0 Å². The quantitative estimate of drug-likeness (QED) is 0.575. The highest BCUT2D eigenvalue weighted by Gasteiger charge is 2.36. The zero-order valence-corrected chi connectivity index (χ0v) is 15.7. The maximum atomic E-state index is 12.9. The first-order valence-corrected chi connectivity index (χ1v) is 9.56. The number of carbonyl (C=O) groups excluding carboxylic acids is 2. The fraction of sp³-hybridized carbons (Fsp3) is 0.550. The summed E-state index contributed by atoms with van der Waals surface area (Å²) in [5.74, 6) is 1.70. The number of piperidine rings is 1. The summed E-state index contributed by atoms with van der Waals surface area (Å²) in [5, 5.41) is 6.73. The number of benzene rings is 1. The molecule has 0 saturated carbocycles. The van der Waals surface area contributed by atoms with Crippen LogP contribution in [0.3, 0.4) is 0 Å². The van der Waals surface area contributed by atoms with Gasteiger partial charge in [0.1, 0.15) is 5.94 Å². The van der Waals surface area contributed by atoms with E-state index in [2.05, 4.69) is 27.7 Å². The van der Waals surface area contributed by atoms with Crippen molar-refractivity contribution < 1.29 is 14.3 Å². The Labute approximate surface area is 160 Å². The lowest BCUT2D eigenvalue weighted by Gasteiger charge is -2.42. The molecule has 0 aliphatic carbocycles. The Hall–Kier alpha value is -2.18. The standard InChI is InChI=1S/C20H28N4O3/c25-15-4-16-27-17-23-11-13-24(14-12-23)19(26)22-20(7-9-21-10-8-20)18-5-2-1-3-6-18/h1-6,21H,7-14,16-17H2,(H,22,26). The number of ether oxygens (including phenoxy) is 1. The average Bonchev–Trinajstić information content (AvgIpc) is 2.73. The second kappa shape index (κ2) is 9.67. The largest absolute Gasteiger partial charge is 0.361 e. The third kappa shape index (κ3) is 5.17. The number of hydrogen-bond acceptors (Lipinski definition) is 5. The molecule has 2 fully saturated rings. The van der Waals surface area contributed by atoms with Crippen LogP contribution in [0.1, 0.15) is 18.4 Å². The Morgan fingerprint density at radius 1 is 1.19 bits per heavy atom. The van der Waals surface area contributed by atoms with Crippen LogP contribution in [0.2, 0.25) is 0 Å². The second-order valence-electron chi connectivity index (χ2n) is 7.06. The maximum absolute atomic E-state index is 12.9. The zero-order chi connectivity index (χ0) is 19.0. The Kier molecular flexibility index (Phi) is 7.01. The zero-order valence-electron chi connectivity index (χ0n) is 15.7. The Bertz CT molecular complexity index is 646. The van der Waals surface area contributed by atoms with Crippen LogP contribution < -0.4 is 10.6 Å². The van der Waals surface area contributed by atoms with Crippen molar-refractivity contribution in [3.63, 3.8) is 0 Å². The van der Waals surface area contributed by atoms with Crippen molar-refractivity contribution in [3.8, 4) is 0 Å². The monoisotopic (exact) mass is 372 g/mol. The Balaban J connectivity index is 1.55. The van der Waals surface area contributed by atoms with Gasteiger partial charge in [0.2, 0.25) is 0 Å². The lowest BCUT2D eigenvalue weighted by molar-refractivity contribution is 0.0192. The number of carbonyl (C=O) groups is 1. The van der Waals surface area contributed by atoms with Crippen LogP contribution in [0, 0.1) is 0 Å². The molecule has 2 aliphatic rings. The molecule has 2 saturated heterocycles. The van der Waals surface area contributed by atoms with Gasteiger partial charge in [-0.25, -0.2) is 9.59 Å². The van der Waals surface area contributed by atoms with E-state index in [1.807, 2.05) is 23.1 Å². The van der Waals surface area contributed by atoms with Gasteiger partial charge in [0.05, 0.1) is 18.9 Å². The Morgan fingerprint density at radius 3 is 2.56 bits per heavy atom. The molecule has 2 aliphatic heterocycles. The molecule has 0 atom stereocenters. The van der Waals surface area contributed by atoms with Gasteiger partial charge >= 0.3 is 6.03 Å². The van der Waals surface area contributed by atoms with E-state index < -0.39 is 0 Å². The average molecular weight is 372 g/mol. The molecular formula is C20H28N4O3. The van der Waals surface area contributed by atoms with E-state index in [1.54, 1.807) is 5.94 Å². The molecule has 2 heterocycles. The summed E-state index contributed by atoms with van der Waals surface area (Å²) in [5.41, 5.74) is 0.875. The highest BCUT2D eigenvalue weighted by atomic mass is 16.5. The lowest BCUT2D eigenvalue weighted by Crippen LogP contribution is -2.58. The summed E-state index contributed by atoms with van der Waals surface area (Å²) in [7, 11) is 0. The molecule has 146 valence electrons. The van der Waals surface area contributed by atoms with Gasteiger partial charge in [0.25, 0.3) is 0 Å². The van der Waals surface area contributed by atoms with E-state index in [4.69, 9.17) is 4.74 Å². The maximum Gasteiger partial charge on any atom is 0.318 e. The van der Waals surface area contributed by atoms with Crippen LogP contribution in [0.15, 0.2) is 36.4 Å². The van der Waals surface area contributed by atoms with Crippen molar-refractivity contribution in [2.45, 2.75) is 18.4 Å². The minimum absolute atomic E-state index is 0.00482. The molecule has 2 amide bonds. The third-order valence-corrected chi connectivity index (χ3v) is 5.35. The number of hydrogen-bond donors (Lipinski definition) is 2. The first-order valence-electron chi connectivity index (χ1n) is 9.56. The summed E-state index contributed by atoms with van der Waals surface area (Å²) >= 11 is 0. The van der Waals surface area contributed by atoms with Crippen molar-refractivity contribution in [3.05, 3.63) is 42.0 Å². The normalized spacial score (nSPS) is 19.9. The van der Waals surface area contributed by atoms with Gasteiger partial charge in [0.15, 0.2) is 0 Å². The summed E-state index contributed by atoms with van der Waals surface area (Å²) in [6.07, 6.45) is 3.10. The van der Waals surface area contributed by atoms with Crippen molar-refractivity contribution in [2.75, 3.05) is 52.6 Å². The minimum Gasteiger partial charge on any atom is -0.361 e. The minimum atomic E-state index is -0.301. The summed E-state index contributed by atoms with van der Waals surface area (Å²) in [4.78, 5) is 27.1.